The molecule has 2 N–H and O–H groups in total. The molecule has 0 spiro atoms. The van der Waals surface area contributed by atoms with E-state index in [0.717, 1.165) is 35.6 Å². The van der Waals surface area contributed by atoms with E-state index in [0.29, 0.717) is 6.04 Å². The van der Waals surface area contributed by atoms with Crippen molar-refractivity contribution in [3.8, 4) is 11.6 Å². The van der Waals surface area contributed by atoms with Crippen LogP contribution in [0.25, 0.3) is 11.0 Å². The number of nitrogens with one attached hydrogen (secondary N) is 1. The lowest BCUT2D eigenvalue weighted by atomic mass is 9.99. The first-order valence-corrected chi connectivity index (χ1v) is 11.8. The lowest BCUT2D eigenvalue weighted by molar-refractivity contribution is 0.159. The van der Waals surface area contributed by atoms with Gasteiger partial charge in [0.05, 0.1) is 18.3 Å². The highest BCUT2D eigenvalue weighted by Crippen LogP contribution is 2.37. The molecule has 1 saturated carbocycles. The van der Waals surface area contributed by atoms with E-state index >= 15 is 0 Å². The van der Waals surface area contributed by atoms with E-state index in [4.69, 9.17) is 9.72 Å². The minimum absolute atomic E-state index is 0.0573. The third kappa shape index (κ3) is 3.82. The van der Waals surface area contributed by atoms with E-state index < -0.39 is 0 Å². The molecule has 3 heterocycles. The highest BCUT2D eigenvalue weighted by atomic mass is 16.5. The monoisotopic (exact) mass is 410 g/mol. The van der Waals surface area contributed by atoms with E-state index in [9.17, 15) is 5.11 Å². The first-order valence-electron chi connectivity index (χ1n) is 11.8. The van der Waals surface area contributed by atoms with Crippen molar-refractivity contribution in [3.05, 3.63) is 17.3 Å². The standard InChI is InChI=1S/C24H34N4O2/c1-30-24-21(29)15-20-23(27-24)22(18-9-3-2-4-10-19(18)26-20)25-16-11-13-28(14-12-16)17-7-5-6-8-17/h15-17,29H,2-14H2,1H3,(H,25,26). The van der Waals surface area contributed by atoms with E-state index in [2.05, 4.69) is 15.2 Å². The smallest absolute Gasteiger partial charge is 0.257 e. The molecule has 0 aromatic carbocycles. The highest BCUT2D eigenvalue weighted by Gasteiger charge is 2.28. The van der Waals surface area contributed by atoms with Crippen LogP contribution in [0.5, 0.6) is 11.6 Å². The number of methoxy groups -OCH3 is 1. The fourth-order valence-corrected chi connectivity index (χ4v) is 5.68. The second-order valence-electron chi connectivity index (χ2n) is 9.25. The maximum absolute atomic E-state index is 10.3. The Bertz CT molecular complexity index is 902. The minimum atomic E-state index is 0.0573. The van der Waals surface area contributed by atoms with E-state index in [1.165, 1.54) is 82.1 Å². The first-order chi connectivity index (χ1) is 14.7. The fraction of sp³-hybridized carbons (Fsp3) is 0.667. The zero-order chi connectivity index (χ0) is 20.5. The van der Waals surface area contributed by atoms with Gasteiger partial charge in [-0.15, -0.1) is 0 Å². The average molecular weight is 411 g/mol. The molecule has 6 nitrogen and oxygen atoms in total. The van der Waals surface area contributed by atoms with Crippen molar-refractivity contribution in [1.29, 1.82) is 0 Å². The number of piperidine rings is 1. The highest BCUT2D eigenvalue weighted by molar-refractivity contribution is 5.91. The Labute approximate surface area is 179 Å². The largest absolute Gasteiger partial charge is 0.503 e. The molecule has 5 rings (SSSR count). The molecule has 2 fully saturated rings. The van der Waals surface area contributed by atoms with Gasteiger partial charge in [0.25, 0.3) is 5.88 Å². The lowest BCUT2D eigenvalue weighted by Crippen LogP contribution is -2.43. The van der Waals surface area contributed by atoms with Gasteiger partial charge in [0.1, 0.15) is 5.52 Å². The molecule has 2 aromatic rings. The molecule has 0 atom stereocenters. The van der Waals surface area contributed by atoms with Crippen LogP contribution in [0, 0.1) is 0 Å². The number of anilines is 1. The predicted octanol–water partition coefficient (Wildman–Crippen LogP) is 4.43. The Balaban J connectivity index is 1.45. The first kappa shape index (κ1) is 19.9. The van der Waals surface area contributed by atoms with Gasteiger partial charge in [-0.05, 0) is 56.9 Å². The van der Waals surface area contributed by atoms with Crippen molar-refractivity contribution in [2.75, 3.05) is 25.5 Å². The zero-order valence-corrected chi connectivity index (χ0v) is 18.1. The van der Waals surface area contributed by atoms with Crippen molar-refractivity contribution in [1.82, 2.24) is 14.9 Å². The van der Waals surface area contributed by atoms with Crippen molar-refractivity contribution in [2.24, 2.45) is 0 Å². The van der Waals surface area contributed by atoms with Gasteiger partial charge in [-0.25, -0.2) is 4.98 Å². The maximum atomic E-state index is 10.3. The summed E-state index contributed by atoms with van der Waals surface area (Å²) >= 11 is 0. The average Bonchev–Trinajstić information content (AvgIpc) is 3.20. The number of aryl methyl sites for hydroxylation is 1. The Hall–Kier alpha value is -2.08. The molecule has 0 bridgehead atoms. The van der Waals surface area contributed by atoms with E-state index in [-0.39, 0.29) is 11.6 Å². The third-order valence-electron chi connectivity index (χ3n) is 7.34. The van der Waals surface area contributed by atoms with Crippen LogP contribution in [0.3, 0.4) is 0 Å². The van der Waals surface area contributed by atoms with Gasteiger partial charge in [-0.3, -0.25) is 4.98 Å². The van der Waals surface area contributed by atoms with Crippen LogP contribution >= 0.6 is 0 Å². The van der Waals surface area contributed by atoms with Crippen LogP contribution in [0.1, 0.15) is 69.0 Å². The molecular formula is C24H34N4O2. The van der Waals surface area contributed by atoms with Gasteiger partial charge in [0.15, 0.2) is 5.75 Å². The Morgan fingerprint density at radius 2 is 1.77 bits per heavy atom. The lowest BCUT2D eigenvalue weighted by Gasteiger charge is -2.37. The Kier molecular flexibility index (Phi) is 5.68. The number of likely N-dealkylation sites (tertiary alicyclic amines) is 1. The summed E-state index contributed by atoms with van der Waals surface area (Å²) in [6.07, 6.45) is 13.6. The number of rotatable bonds is 4. The number of ether oxygens (including phenoxy) is 1. The maximum Gasteiger partial charge on any atom is 0.257 e. The summed E-state index contributed by atoms with van der Waals surface area (Å²) in [5.74, 6) is 0.332. The number of pyridine rings is 2. The molecular weight excluding hydrogens is 376 g/mol. The Morgan fingerprint density at radius 3 is 2.53 bits per heavy atom. The van der Waals surface area contributed by atoms with Gasteiger partial charge in [0, 0.05) is 36.9 Å². The summed E-state index contributed by atoms with van der Waals surface area (Å²) in [4.78, 5) is 12.3. The molecule has 2 aliphatic carbocycles. The molecule has 30 heavy (non-hydrogen) atoms. The molecule has 162 valence electrons. The fourth-order valence-electron chi connectivity index (χ4n) is 5.68. The van der Waals surface area contributed by atoms with Gasteiger partial charge in [-0.2, -0.15) is 0 Å². The molecule has 1 aliphatic heterocycles. The van der Waals surface area contributed by atoms with Crippen LogP contribution in [-0.2, 0) is 12.8 Å². The molecule has 3 aliphatic rings. The number of hydrogen-bond acceptors (Lipinski definition) is 6. The molecule has 0 unspecified atom stereocenters. The summed E-state index contributed by atoms with van der Waals surface area (Å²) in [5.41, 5.74) is 5.24. The van der Waals surface area contributed by atoms with Crippen LogP contribution in [0.2, 0.25) is 0 Å². The number of aromatic hydroxyl groups is 1. The van der Waals surface area contributed by atoms with Crippen molar-refractivity contribution in [3.63, 3.8) is 0 Å². The quantitative estimate of drug-likeness (QED) is 0.727. The molecule has 0 radical (unpaired) electrons. The number of fused-ring (bicyclic) bond motifs is 2. The normalized spacial score (nSPS) is 21.5. The molecule has 2 aromatic heterocycles. The zero-order valence-electron chi connectivity index (χ0n) is 18.1. The summed E-state index contributed by atoms with van der Waals surface area (Å²) in [7, 11) is 1.55. The predicted molar refractivity (Wildman–Crippen MR) is 119 cm³/mol. The van der Waals surface area contributed by atoms with Crippen molar-refractivity contribution >= 4 is 16.7 Å². The Morgan fingerprint density at radius 1 is 1.00 bits per heavy atom. The van der Waals surface area contributed by atoms with E-state index in [1.54, 1.807) is 13.2 Å². The third-order valence-corrected chi connectivity index (χ3v) is 7.34. The van der Waals surface area contributed by atoms with Crippen LogP contribution in [0.15, 0.2) is 6.07 Å². The second kappa shape index (κ2) is 8.58. The van der Waals surface area contributed by atoms with Crippen LogP contribution < -0.4 is 10.1 Å². The number of hydrogen-bond donors (Lipinski definition) is 2. The molecule has 6 heteroatoms. The van der Waals surface area contributed by atoms with Crippen LogP contribution in [-0.4, -0.2) is 52.3 Å². The second-order valence-corrected chi connectivity index (χ2v) is 9.25. The van der Waals surface area contributed by atoms with Gasteiger partial charge < -0.3 is 20.1 Å². The van der Waals surface area contributed by atoms with Gasteiger partial charge in [-0.1, -0.05) is 19.3 Å². The summed E-state index contributed by atoms with van der Waals surface area (Å²) in [6.45, 7) is 2.37. The topological polar surface area (TPSA) is 70.5 Å². The van der Waals surface area contributed by atoms with Gasteiger partial charge in [0.2, 0.25) is 0 Å². The van der Waals surface area contributed by atoms with Crippen LogP contribution in [0.4, 0.5) is 5.69 Å². The number of nitrogens with zero attached hydrogens (tertiary/aromatic N) is 3. The number of aromatic nitrogens is 2. The molecule has 1 saturated heterocycles. The SMILES string of the molecule is COc1nc2c(NC3CCN(C4CCCC4)CC3)c3c(nc2cc1O)CCCCC3. The summed E-state index contributed by atoms with van der Waals surface area (Å²) in [6, 6.07) is 2.99. The van der Waals surface area contributed by atoms with Crippen molar-refractivity contribution in [2.45, 2.75) is 82.7 Å². The summed E-state index contributed by atoms with van der Waals surface area (Å²) in [5, 5.41) is 14.2. The minimum Gasteiger partial charge on any atom is -0.503 e. The van der Waals surface area contributed by atoms with Gasteiger partial charge >= 0.3 is 0 Å². The van der Waals surface area contributed by atoms with Crippen molar-refractivity contribution < 1.29 is 9.84 Å². The summed E-state index contributed by atoms with van der Waals surface area (Å²) < 4.78 is 5.31. The van der Waals surface area contributed by atoms with E-state index in [1.807, 2.05) is 0 Å². The molecule has 0 amide bonds.